The summed E-state index contributed by atoms with van der Waals surface area (Å²) in [6.45, 7) is 0. The molecule has 0 amide bonds. The first kappa shape index (κ1) is 15.2. The maximum atomic E-state index is 10.1. The first-order valence-corrected chi connectivity index (χ1v) is 5.08. The fourth-order valence-electron chi connectivity index (χ4n) is 1.07. The van der Waals surface area contributed by atoms with Crippen LogP contribution < -0.4 is 18.9 Å². The van der Waals surface area contributed by atoms with Gasteiger partial charge in [-0.1, -0.05) is 0 Å². The van der Waals surface area contributed by atoms with Gasteiger partial charge in [0, 0.05) is 0 Å². The van der Waals surface area contributed by atoms with Gasteiger partial charge >= 0.3 is 18.9 Å². The van der Waals surface area contributed by atoms with Crippen LogP contribution in [0, 0.1) is 0 Å². The van der Waals surface area contributed by atoms with Gasteiger partial charge in [0.2, 0.25) is 0 Å². The molecule has 0 atom stereocenters. The molecule has 0 saturated carbocycles. The maximum Gasteiger partial charge on any atom is 1.00 e. The zero-order valence-electron chi connectivity index (χ0n) is 9.24. The Bertz CT molecular complexity index is 140. The molecule has 0 bridgehead atoms. The molecule has 0 rings (SSSR count). The van der Waals surface area contributed by atoms with Gasteiger partial charge < -0.3 is 5.16 Å². The third-order valence-corrected chi connectivity index (χ3v) is 4.83. The Kier molecular flexibility index (Phi) is 6.89. The topological polar surface area (TPSA) is 32.0 Å². The zero-order valence-corrected chi connectivity index (χ0v) is 10.1. The van der Waals surface area contributed by atoms with E-state index >= 15 is 0 Å². The summed E-state index contributed by atoms with van der Waals surface area (Å²) in [5.74, 6) is 0. The quantitative estimate of drug-likeness (QED) is 0.383. The van der Waals surface area contributed by atoms with Gasteiger partial charge in [0.25, 0.3) is 0 Å². The molecular weight excluding hydrogens is 166 g/mol. The smallest absolute Gasteiger partial charge is 0.770 e. The Balaban J connectivity index is 0. The summed E-state index contributed by atoms with van der Waals surface area (Å²) >= 11 is 0. The summed E-state index contributed by atoms with van der Waals surface area (Å²) in [5.41, 5.74) is 0. The van der Waals surface area contributed by atoms with E-state index in [0.29, 0.717) is 0 Å². The van der Waals surface area contributed by atoms with Gasteiger partial charge in [-0.05, 0) is 49.8 Å². The van der Waals surface area contributed by atoms with Crippen molar-refractivity contribution < 1.29 is 18.9 Å². The average molecular weight is 184 g/mol. The monoisotopic (exact) mass is 184 g/mol. The fourth-order valence-corrected chi connectivity index (χ4v) is 3.22. The Labute approximate surface area is 88.1 Å². The van der Waals surface area contributed by atoms with Crippen molar-refractivity contribution in [3.8, 4) is 0 Å². The molecule has 0 aliphatic heterocycles. The van der Waals surface area contributed by atoms with E-state index < -0.39 is 7.51 Å². The van der Waals surface area contributed by atoms with Crippen molar-refractivity contribution in [1.29, 1.82) is 0 Å². The second-order valence-corrected chi connectivity index (χ2v) is 6.55. The number of hydrogen-bond donors (Lipinski definition) is 0. The van der Waals surface area contributed by atoms with E-state index in [0.717, 1.165) is 0 Å². The predicted molar refractivity (Wildman–Crippen MR) is 51.3 cm³/mol. The van der Waals surface area contributed by atoms with E-state index in [4.69, 9.17) is 0 Å². The maximum absolute atomic E-state index is 10.1. The molecule has 0 unspecified atom stereocenters. The summed E-state index contributed by atoms with van der Waals surface area (Å²) in [6.07, 6.45) is 0. The van der Waals surface area contributed by atoms with Gasteiger partial charge in [0.1, 0.15) is 0 Å². The number of rotatable bonds is 3. The van der Waals surface area contributed by atoms with Crippen molar-refractivity contribution >= 4 is 7.51 Å². The molecule has 0 aromatic carbocycles. The summed E-state index contributed by atoms with van der Waals surface area (Å²) < 4.78 is 5.56. The van der Waals surface area contributed by atoms with Crippen LogP contribution in [0.5, 0.6) is 0 Å². The third kappa shape index (κ3) is 2.88. The van der Waals surface area contributed by atoms with Crippen LogP contribution in [0.1, 0.15) is 0 Å². The molecule has 0 fully saturated rings. The normalized spacial score (nSPS) is 12.4. The van der Waals surface area contributed by atoms with Gasteiger partial charge in [-0.2, -0.15) is 0 Å². The van der Waals surface area contributed by atoms with Gasteiger partial charge in [0.05, 0.1) is 0 Å². The molecule has 0 radical (unpaired) electrons. The van der Waals surface area contributed by atoms with Crippen LogP contribution >= 0.6 is 7.51 Å². The fraction of sp³-hybridized carbons (Fsp3) is 1.00. The van der Waals surface area contributed by atoms with E-state index in [-0.39, 0.29) is 18.9 Å². The van der Waals surface area contributed by atoms with Crippen LogP contribution in [-0.2, 0) is 0 Å². The number of hydrogen-bond acceptors (Lipinski definition) is 0. The molecule has 0 heterocycles. The molecule has 0 aliphatic rings. The van der Waals surface area contributed by atoms with Crippen LogP contribution in [0.25, 0.3) is 5.16 Å². The number of nitrogens with zero attached hydrogens (tertiary/aromatic N) is 4. The van der Waals surface area contributed by atoms with Gasteiger partial charge in [0.15, 0.2) is 0 Å². The summed E-state index contributed by atoms with van der Waals surface area (Å²) in [5, 5.41) is 10.1. The van der Waals surface area contributed by atoms with Crippen LogP contribution in [0.3, 0.4) is 0 Å². The molecule has 68 valence electrons. The van der Waals surface area contributed by atoms with Gasteiger partial charge in [-0.25, -0.2) is 0 Å². The van der Waals surface area contributed by atoms with Crippen molar-refractivity contribution in [2.24, 2.45) is 0 Å². The second-order valence-electron chi connectivity index (χ2n) is 3.08. The average Bonchev–Trinajstić information content (AvgIpc) is 1.84. The summed E-state index contributed by atoms with van der Waals surface area (Å²) in [4.78, 5) is 0. The minimum absolute atomic E-state index is 0. The second kappa shape index (κ2) is 5.44. The van der Waals surface area contributed by atoms with Crippen LogP contribution in [0.2, 0.25) is 0 Å². The van der Waals surface area contributed by atoms with Crippen LogP contribution in [0.4, 0.5) is 0 Å². The Morgan fingerprint density at radius 1 is 0.750 bits per heavy atom. The SMILES string of the molecule is CN(C)P(=[N-])(N(C)C)N(C)C.[Li+]. The molecule has 0 N–H and O–H groups in total. The molecule has 0 aromatic heterocycles. The first-order chi connectivity index (χ1) is 4.83. The molecule has 0 aliphatic carbocycles. The van der Waals surface area contributed by atoms with E-state index in [1.165, 1.54) is 0 Å². The first-order valence-electron chi connectivity index (χ1n) is 3.48. The minimum Gasteiger partial charge on any atom is -0.770 e. The van der Waals surface area contributed by atoms with Crippen molar-refractivity contribution in [2.75, 3.05) is 42.3 Å². The van der Waals surface area contributed by atoms with Crippen molar-refractivity contribution in [3.05, 3.63) is 5.16 Å². The molecule has 4 nitrogen and oxygen atoms in total. The molecule has 0 aromatic rings. The Morgan fingerprint density at radius 2 is 0.917 bits per heavy atom. The Morgan fingerprint density at radius 3 is 0.917 bits per heavy atom. The van der Waals surface area contributed by atoms with Crippen molar-refractivity contribution in [2.45, 2.75) is 0 Å². The zero-order chi connectivity index (χ0) is 9.23. The minimum atomic E-state index is -2.19. The predicted octanol–water partition coefficient (Wildman–Crippen LogP) is -1.81. The Hall–Kier alpha value is 0.707. The summed E-state index contributed by atoms with van der Waals surface area (Å²) in [7, 11) is 9.11. The van der Waals surface area contributed by atoms with Gasteiger partial charge in [-0.15, -0.1) is 0 Å². The van der Waals surface area contributed by atoms with Crippen LogP contribution in [0.15, 0.2) is 0 Å². The van der Waals surface area contributed by atoms with E-state index in [1.54, 1.807) is 0 Å². The largest absolute Gasteiger partial charge is 1.00 e. The summed E-state index contributed by atoms with van der Waals surface area (Å²) in [6, 6.07) is 0. The van der Waals surface area contributed by atoms with Crippen molar-refractivity contribution in [3.63, 3.8) is 0 Å². The van der Waals surface area contributed by atoms with Crippen LogP contribution in [-0.4, -0.2) is 56.3 Å². The van der Waals surface area contributed by atoms with E-state index in [2.05, 4.69) is 0 Å². The van der Waals surface area contributed by atoms with E-state index in [9.17, 15) is 5.16 Å². The molecular formula is C6H18LiN4P. The van der Waals surface area contributed by atoms with Crippen molar-refractivity contribution in [1.82, 2.24) is 14.0 Å². The van der Waals surface area contributed by atoms with Gasteiger partial charge in [-0.3, -0.25) is 14.0 Å². The standard InChI is InChI=1S/C6H18N4P.Li/c1-8(2)11(7,9(3)4)10(5)6;/h1-6H3;/q-1;+1. The van der Waals surface area contributed by atoms with E-state index in [1.807, 2.05) is 56.3 Å². The molecule has 12 heavy (non-hydrogen) atoms. The molecule has 0 spiro atoms. The molecule has 0 saturated heterocycles. The third-order valence-electron chi connectivity index (χ3n) is 1.61. The molecule has 6 heteroatoms.